The Labute approximate surface area is 136 Å². The molecule has 8 heteroatoms. The molecule has 0 radical (unpaired) electrons. The Morgan fingerprint density at radius 3 is 3.00 bits per heavy atom. The summed E-state index contributed by atoms with van der Waals surface area (Å²) in [4.78, 5) is 6.64. The van der Waals surface area contributed by atoms with E-state index in [1.54, 1.807) is 23.4 Å². The summed E-state index contributed by atoms with van der Waals surface area (Å²) in [6.45, 7) is 7.98. The monoisotopic (exact) mass is 319 g/mol. The van der Waals surface area contributed by atoms with Gasteiger partial charge in [-0.2, -0.15) is 5.10 Å². The molecule has 1 unspecified atom stereocenters. The van der Waals surface area contributed by atoms with E-state index in [-0.39, 0.29) is 0 Å². The van der Waals surface area contributed by atoms with E-state index in [0.29, 0.717) is 25.6 Å². The zero-order valence-corrected chi connectivity index (χ0v) is 13.8. The van der Waals surface area contributed by atoms with Crippen molar-refractivity contribution in [2.45, 2.75) is 51.9 Å². The predicted octanol–water partition coefficient (Wildman–Crippen LogP) is 0.553. The largest absolute Gasteiger partial charge is 0.387 e. The Bertz CT molecular complexity index is 609. The molecule has 1 aliphatic heterocycles. The topological polar surface area (TPSA) is 84.9 Å². The molecule has 0 saturated carbocycles. The van der Waals surface area contributed by atoms with Crippen molar-refractivity contribution >= 4 is 0 Å². The van der Waals surface area contributed by atoms with Gasteiger partial charge >= 0.3 is 0 Å². The van der Waals surface area contributed by atoms with Crippen molar-refractivity contribution in [3.63, 3.8) is 0 Å². The summed E-state index contributed by atoms with van der Waals surface area (Å²) in [6, 6.07) is 0. The molecule has 0 amide bonds. The highest BCUT2D eigenvalue weighted by Gasteiger charge is 2.34. The highest BCUT2D eigenvalue weighted by atomic mass is 16.3. The van der Waals surface area contributed by atoms with E-state index in [2.05, 4.69) is 39.1 Å². The van der Waals surface area contributed by atoms with Crippen LogP contribution in [0.4, 0.5) is 0 Å². The number of piperidine rings is 1. The lowest BCUT2D eigenvalue weighted by Crippen LogP contribution is -2.50. The highest BCUT2D eigenvalue weighted by Crippen LogP contribution is 2.24. The SMILES string of the molecule is CC(C)Cn1ncnc1CN1CCCC(O)(Cn2ccnn2)C1. The van der Waals surface area contributed by atoms with Crippen LogP contribution in [0.2, 0.25) is 0 Å². The number of nitrogens with zero attached hydrogens (tertiary/aromatic N) is 7. The van der Waals surface area contributed by atoms with Gasteiger partial charge in [-0.1, -0.05) is 19.1 Å². The third-order valence-electron chi connectivity index (χ3n) is 4.16. The number of β-amino-alcohol motifs (C(OH)–C–C–N with tert-alkyl or cyclic N) is 1. The maximum absolute atomic E-state index is 10.9. The molecule has 1 N–H and O–H groups in total. The van der Waals surface area contributed by atoms with Crippen LogP contribution in [0.25, 0.3) is 0 Å². The molecule has 1 aliphatic rings. The van der Waals surface area contributed by atoms with Gasteiger partial charge in [-0.05, 0) is 25.3 Å². The van der Waals surface area contributed by atoms with Crippen LogP contribution in [0.15, 0.2) is 18.7 Å². The van der Waals surface area contributed by atoms with Crippen LogP contribution in [0.3, 0.4) is 0 Å². The molecule has 23 heavy (non-hydrogen) atoms. The molecule has 2 aromatic heterocycles. The molecule has 3 rings (SSSR count). The Morgan fingerprint density at radius 2 is 2.26 bits per heavy atom. The van der Waals surface area contributed by atoms with E-state index >= 15 is 0 Å². The van der Waals surface area contributed by atoms with Crippen LogP contribution in [0, 0.1) is 5.92 Å². The molecule has 2 aromatic rings. The second-order valence-electron chi connectivity index (χ2n) is 6.89. The van der Waals surface area contributed by atoms with Crippen LogP contribution in [-0.2, 0) is 19.6 Å². The molecule has 1 saturated heterocycles. The highest BCUT2D eigenvalue weighted by molar-refractivity contribution is 4.92. The third-order valence-corrected chi connectivity index (χ3v) is 4.16. The maximum atomic E-state index is 10.9. The molecule has 0 aliphatic carbocycles. The maximum Gasteiger partial charge on any atom is 0.141 e. The summed E-state index contributed by atoms with van der Waals surface area (Å²) in [5.41, 5.74) is -0.769. The van der Waals surface area contributed by atoms with E-state index < -0.39 is 5.60 Å². The van der Waals surface area contributed by atoms with Crippen molar-refractivity contribution in [3.8, 4) is 0 Å². The van der Waals surface area contributed by atoms with Crippen molar-refractivity contribution in [1.82, 2.24) is 34.7 Å². The van der Waals surface area contributed by atoms with Crippen LogP contribution >= 0.6 is 0 Å². The van der Waals surface area contributed by atoms with Gasteiger partial charge in [-0.3, -0.25) is 4.90 Å². The molecule has 3 heterocycles. The second kappa shape index (κ2) is 6.76. The first-order valence-corrected chi connectivity index (χ1v) is 8.20. The number of hydrogen-bond donors (Lipinski definition) is 1. The summed E-state index contributed by atoms with van der Waals surface area (Å²) < 4.78 is 3.67. The normalized spacial score (nSPS) is 22.8. The van der Waals surface area contributed by atoms with Crippen LogP contribution < -0.4 is 0 Å². The van der Waals surface area contributed by atoms with Gasteiger partial charge in [0.05, 0.1) is 24.9 Å². The molecular weight excluding hydrogens is 294 g/mol. The van der Waals surface area contributed by atoms with Crippen molar-refractivity contribution < 1.29 is 5.11 Å². The fourth-order valence-electron chi connectivity index (χ4n) is 3.20. The molecule has 1 fully saturated rings. The molecule has 0 bridgehead atoms. The lowest BCUT2D eigenvalue weighted by atomic mass is 9.93. The Balaban J connectivity index is 1.63. The van der Waals surface area contributed by atoms with E-state index in [1.807, 2.05) is 4.68 Å². The van der Waals surface area contributed by atoms with Crippen LogP contribution in [-0.4, -0.2) is 58.5 Å². The Morgan fingerprint density at radius 1 is 1.39 bits per heavy atom. The lowest BCUT2D eigenvalue weighted by molar-refractivity contribution is -0.0487. The minimum atomic E-state index is -0.769. The summed E-state index contributed by atoms with van der Waals surface area (Å²) >= 11 is 0. The smallest absolute Gasteiger partial charge is 0.141 e. The molecule has 0 aromatic carbocycles. The molecule has 126 valence electrons. The molecule has 1 atom stereocenters. The fraction of sp³-hybridized carbons (Fsp3) is 0.733. The average molecular weight is 319 g/mol. The van der Waals surface area contributed by atoms with Gasteiger partial charge in [0.1, 0.15) is 12.2 Å². The molecule has 8 nitrogen and oxygen atoms in total. The molecular formula is C15H25N7O. The van der Waals surface area contributed by atoms with E-state index in [0.717, 1.165) is 31.8 Å². The van der Waals surface area contributed by atoms with E-state index in [4.69, 9.17) is 0 Å². The zero-order valence-electron chi connectivity index (χ0n) is 13.8. The predicted molar refractivity (Wildman–Crippen MR) is 84.3 cm³/mol. The molecule has 0 spiro atoms. The first-order chi connectivity index (χ1) is 11.0. The van der Waals surface area contributed by atoms with Crippen molar-refractivity contribution in [3.05, 3.63) is 24.5 Å². The summed E-state index contributed by atoms with van der Waals surface area (Å²) in [5.74, 6) is 1.49. The number of hydrogen-bond acceptors (Lipinski definition) is 6. The van der Waals surface area contributed by atoms with Crippen molar-refractivity contribution in [1.29, 1.82) is 0 Å². The first-order valence-electron chi connectivity index (χ1n) is 8.20. The average Bonchev–Trinajstić information content (AvgIpc) is 3.11. The Kier molecular flexibility index (Phi) is 4.72. The number of aliphatic hydroxyl groups is 1. The summed E-state index contributed by atoms with van der Waals surface area (Å²) in [6.07, 6.45) is 6.78. The van der Waals surface area contributed by atoms with Crippen molar-refractivity contribution in [2.24, 2.45) is 5.92 Å². The van der Waals surface area contributed by atoms with Crippen LogP contribution in [0.5, 0.6) is 0 Å². The minimum absolute atomic E-state index is 0.474. The van der Waals surface area contributed by atoms with Gasteiger partial charge in [-0.25, -0.2) is 14.3 Å². The lowest BCUT2D eigenvalue weighted by Gasteiger charge is -2.38. The van der Waals surface area contributed by atoms with E-state index in [1.165, 1.54) is 0 Å². The quantitative estimate of drug-likeness (QED) is 0.837. The van der Waals surface area contributed by atoms with Gasteiger partial charge in [0.25, 0.3) is 0 Å². The van der Waals surface area contributed by atoms with Gasteiger partial charge in [0.15, 0.2) is 0 Å². The fourth-order valence-corrected chi connectivity index (χ4v) is 3.20. The number of rotatable bonds is 6. The van der Waals surface area contributed by atoms with Gasteiger partial charge in [0, 0.05) is 19.3 Å². The van der Waals surface area contributed by atoms with E-state index in [9.17, 15) is 5.11 Å². The summed E-state index contributed by atoms with van der Waals surface area (Å²) in [5, 5.41) is 23.0. The van der Waals surface area contributed by atoms with Crippen LogP contribution in [0.1, 0.15) is 32.5 Å². The first kappa shape index (κ1) is 16.1. The third kappa shape index (κ3) is 4.14. The van der Waals surface area contributed by atoms with Gasteiger partial charge in [0.2, 0.25) is 0 Å². The van der Waals surface area contributed by atoms with Gasteiger partial charge < -0.3 is 5.11 Å². The minimum Gasteiger partial charge on any atom is -0.387 e. The Hall–Kier alpha value is -1.80. The second-order valence-corrected chi connectivity index (χ2v) is 6.89. The standard InChI is InChI=1S/C15H25N7O/c1-13(2)8-22-14(16-12-18-22)9-20-6-3-4-15(23,10-20)11-21-7-5-17-19-21/h5,7,12-13,23H,3-4,6,8-11H2,1-2H3. The number of aromatic nitrogens is 6. The van der Waals surface area contributed by atoms with Gasteiger partial charge in [-0.15, -0.1) is 5.10 Å². The zero-order chi connectivity index (χ0) is 16.3. The summed E-state index contributed by atoms with van der Waals surface area (Å²) in [7, 11) is 0. The number of likely N-dealkylation sites (tertiary alicyclic amines) is 1. The van der Waals surface area contributed by atoms with Crippen molar-refractivity contribution in [2.75, 3.05) is 13.1 Å².